The molecule has 0 saturated carbocycles. The minimum absolute atomic E-state index is 0.0297. The summed E-state index contributed by atoms with van der Waals surface area (Å²) >= 11 is 3.30. The van der Waals surface area contributed by atoms with Crippen LogP contribution >= 0.6 is 15.9 Å². The van der Waals surface area contributed by atoms with Gasteiger partial charge in [-0.1, -0.05) is 15.9 Å². The number of rotatable bonds is 6. The zero-order chi connectivity index (χ0) is 14.1. The van der Waals surface area contributed by atoms with Crippen LogP contribution in [0.5, 0.6) is 0 Å². The highest BCUT2D eigenvalue weighted by Crippen LogP contribution is 2.12. The average molecular weight is 325 g/mol. The van der Waals surface area contributed by atoms with E-state index in [2.05, 4.69) is 31.5 Å². The number of carbonyl (C=O) groups excluding carboxylic acids is 1. The number of amides is 1. The normalized spacial score (nSPS) is 10.7. The summed E-state index contributed by atoms with van der Waals surface area (Å²) in [5.41, 5.74) is -0.0297. The van der Waals surface area contributed by atoms with Crippen LogP contribution in [0.2, 0.25) is 0 Å². The van der Waals surface area contributed by atoms with Crippen LogP contribution in [0.4, 0.5) is 5.82 Å². The second-order valence-corrected chi connectivity index (χ2v) is 4.34. The lowest BCUT2D eigenvalue weighted by Crippen LogP contribution is -2.28. The lowest BCUT2D eigenvalue weighted by molar-refractivity contribution is -0.117. The Morgan fingerprint density at radius 2 is 2.47 bits per heavy atom. The molecule has 7 heteroatoms. The Bertz CT molecular complexity index is 511. The molecule has 0 aromatic carbocycles. The van der Waals surface area contributed by atoms with Gasteiger partial charge < -0.3 is 15.4 Å². The molecule has 0 aliphatic carbocycles. The fourth-order valence-corrected chi connectivity index (χ4v) is 1.48. The van der Waals surface area contributed by atoms with Crippen molar-refractivity contribution in [2.45, 2.75) is 0 Å². The van der Waals surface area contributed by atoms with Crippen molar-refractivity contribution in [2.24, 2.45) is 0 Å². The van der Waals surface area contributed by atoms with Crippen LogP contribution in [-0.2, 0) is 9.53 Å². The SMILES string of the molecule is COCCNC(=O)/C(C#N)=C\Nc1cc(Br)ccn1. The molecule has 0 aliphatic rings. The van der Waals surface area contributed by atoms with Crippen LogP contribution in [0.25, 0.3) is 0 Å². The van der Waals surface area contributed by atoms with Gasteiger partial charge in [-0.15, -0.1) is 0 Å². The molecule has 0 bridgehead atoms. The van der Waals surface area contributed by atoms with Gasteiger partial charge in [0.2, 0.25) is 0 Å². The number of ether oxygens (including phenoxy) is 1. The molecular weight excluding hydrogens is 312 g/mol. The molecule has 100 valence electrons. The number of halogens is 1. The summed E-state index contributed by atoms with van der Waals surface area (Å²) in [6, 6.07) is 5.33. The number of anilines is 1. The molecule has 1 rings (SSSR count). The van der Waals surface area contributed by atoms with Crippen LogP contribution in [0, 0.1) is 11.3 Å². The molecule has 0 fully saturated rings. The number of nitrogens with zero attached hydrogens (tertiary/aromatic N) is 2. The van der Waals surface area contributed by atoms with Gasteiger partial charge in [0.25, 0.3) is 5.91 Å². The van der Waals surface area contributed by atoms with Crippen molar-refractivity contribution in [3.8, 4) is 6.07 Å². The molecule has 0 unspecified atom stereocenters. The molecule has 0 spiro atoms. The second kappa shape index (κ2) is 8.24. The second-order valence-electron chi connectivity index (χ2n) is 3.42. The van der Waals surface area contributed by atoms with Crippen LogP contribution in [0.15, 0.2) is 34.6 Å². The standard InChI is InChI=1S/C12H13BrN4O2/c1-19-5-4-16-12(18)9(7-14)8-17-11-6-10(13)2-3-15-11/h2-3,6,8H,4-5H2,1H3,(H,15,17)(H,16,18)/b9-8-. The third kappa shape index (κ3) is 5.50. The van der Waals surface area contributed by atoms with Gasteiger partial charge in [-0.2, -0.15) is 5.26 Å². The predicted octanol–water partition coefficient (Wildman–Crippen LogP) is 1.43. The Balaban J connectivity index is 2.62. The first-order chi connectivity index (χ1) is 9.17. The van der Waals surface area contributed by atoms with E-state index in [0.717, 1.165) is 4.47 Å². The van der Waals surface area contributed by atoms with Gasteiger partial charge in [0.05, 0.1) is 6.61 Å². The van der Waals surface area contributed by atoms with E-state index in [-0.39, 0.29) is 5.57 Å². The summed E-state index contributed by atoms with van der Waals surface area (Å²) < 4.78 is 5.65. The maximum absolute atomic E-state index is 11.6. The van der Waals surface area contributed by atoms with Gasteiger partial charge >= 0.3 is 0 Å². The number of carbonyl (C=O) groups is 1. The average Bonchev–Trinajstić information content (AvgIpc) is 2.40. The molecule has 6 nitrogen and oxygen atoms in total. The van der Waals surface area contributed by atoms with Crippen LogP contribution in [0.3, 0.4) is 0 Å². The summed E-state index contributed by atoms with van der Waals surface area (Å²) in [4.78, 5) is 15.6. The largest absolute Gasteiger partial charge is 0.383 e. The van der Waals surface area contributed by atoms with E-state index in [1.807, 2.05) is 6.07 Å². The Hall–Kier alpha value is -1.91. The summed E-state index contributed by atoms with van der Waals surface area (Å²) in [7, 11) is 1.54. The van der Waals surface area contributed by atoms with E-state index in [0.29, 0.717) is 19.0 Å². The first-order valence-electron chi connectivity index (χ1n) is 5.43. The van der Waals surface area contributed by atoms with E-state index < -0.39 is 5.91 Å². The Kier molecular flexibility index (Phi) is 6.57. The number of aromatic nitrogens is 1. The van der Waals surface area contributed by atoms with Gasteiger partial charge in [0, 0.05) is 30.5 Å². The molecule has 1 amide bonds. The van der Waals surface area contributed by atoms with Crippen molar-refractivity contribution >= 4 is 27.7 Å². The molecule has 1 heterocycles. The Morgan fingerprint density at radius 3 is 3.11 bits per heavy atom. The lowest BCUT2D eigenvalue weighted by Gasteiger charge is -2.04. The van der Waals surface area contributed by atoms with Gasteiger partial charge in [0.15, 0.2) is 0 Å². The fraction of sp³-hybridized carbons (Fsp3) is 0.250. The highest BCUT2D eigenvalue weighted by molar-refractivity contribution is 9.10. The molecule has 0 aliphatic heterocycles. The molecule has 0 atom stereocenters. The van der Waals surface area contributed by atoms with E-state index >= 15 is 0 Å². The first-order valence-corrected chi connectivity index (χ1v) is 6.22. The third-order valence-electron chi connectivity index (χ3n) is 2.04. The molecule has 19 heavy (non-hydrogen) atoms. The van der Waals surface area contributed by atoms with Crippen molar-refractivity contribution in [1.29, 1.82) is 5.26 Å². The maximum atomic E-state index is 11.6. The molecule has 1 aromatic rings. The summed E-state index contributed by atoms with van der Waals surface area (Å²) in [6.45, 7) is 0.745. The minimum atomic E-state index is -0.456. The van der Waals surface area contributed by atoms with Crippen molar-refractivity contribution in [3.63, 3.8) is 0 Å². The third-order valence-corrected chi connectivity index (χ3v) is 2.54. The highest BCUT2D eigenvalue weighted by Gasteiger charge is 2.07. The smallest absolute Gasteiger partial charge is 0.263 e. The number of nitriles is 1. The van der Waals surface area contributed by atoms with Crippen molar-refractivity contribution in [3.05, 3.63) is 34.6 Å². The van der Waals surface area contributed by atoms with Gasteiger partial charge in [-0.05, 0) is 12.1 Å². The number of hydrogen-bond donors (Lipinski definition) is 2. The summed E-state index contributed by atoms with van der Waals surface area (Å²) in [5, 5.41) is 14.3. The minimum Gasteiger partial charge on any atom is -0.383 e. The number of pyridine rings is 1. The highest BCUT2D eigenvalue weighted by atomic mass is 79.9. The molecular formula is C12H13BrN4O2. The number of hydrogen-bond acceptors (Lipinski definition) is 5. The quantitative estimate of drug-likeness (QED) is 0.469. The van der Waals surface area contributed by atoms with Crippen molar-refractivity contribution in [1.82, 2.24) is 10.3 Å². The van der Waals surface area contributed by atoms with Gasteiger partial charge in [-0.3, -0.25) is 4.79 Å². The van der Waals surface area contributed by atoms with Crippen molar-refractivity contribution < 1.29 is 9.53 Å². The van der Waals surface area contributed by atoms with E-state index in [4.69, 9.17) is 10.00 Å². The number of methoxy groups -OCH3 is 1. The topological polar surface area (TPSA) is 87.0 Å². The van der Waals surface area contributed by atoms with Crippen LogP contribution < -0.4 is 10.6 Å². The number of nitrogens with one attached hydrogen (secondary N) is 2. The first kappa shape index (κ1) is 15.1. The monoisotopic (exact) mass is 324 g/mol. The summed E-state index contributed by atoms with van der Waals surface area (Å²) in [5.74, 6) is 0.0777. The van der Waals surface area contributed by atoms with Gasteiger partial charge in [-0.25, -0.2) is 4.98 Å². The lowest BCUT2D eigenvalue weighted by atomic mass is 10.3. The molecule has 2 N–H and O–H groups in total. The van der Waals surface area contributed by atoms with Crippen LogP contribution in [-0.4, -0.2) is 31.2 Å². The molecule has 1 aromatic heterocycles. The fourth-order valence-electron chi connectivity index (χ4n) is 1.14. The predicted molar refractivity (Wildman–Crippen MR) is 74.1 cm³/mol. The zero-order valence-electron chi connectivity index (χ0n) is 10.3. The van der Waals surface area contributed by atoms with Crippen LogP contribution in [0.1, 0.15) is 0 Å². The van der Waals surface area contributed by atoms with E-state index in [9.17, 15) is 4.79 Å². The zero-order valence-corrected chi connectivity index (χ0v) is 11.9. The van der Waals surface area contributed by atoms with Crippen molar-refractivity contribution in [2.75, 3.05) is 25.6 Å². The molecule has 0 radical (unpaired) electrons. The Morgan fingerprint density at radius 1 is 1.68 bits per heavy atom. The van der Waals surface area contributed by atoms with E-state index in [1.165, 1.54) is 13.3 Å². The van der Waals surface area contributed by atoms with Gasteiger partial charge in [0.1, 0.15) is 17.5 Å². The molecule has 0 saturated heterocycles. The summed E-state index contributed by atoms with van der Waals surface area (Å²) in [6.07, 6.45) is 2.92. The maximum Gasteiger partial charge on any atom is 0.263 e. The Labute approximate surface area is 119 Å². The van der Waals surface area contributed by atoms with E-state index in [1.54, 1.807) is 18.3 Å².